The number of rotatable bonds is 3. The summed E-state index contributed by atoms with van der Waals surface area (Å²) in [5, 5.41) is 9.13. The summed E-state index contributed by atoms with van der Waals surface area (Å²) in [6.07, 6.45) is 11.8. The second-order valence-electron chi connectivity index (χ2n) is 8.16. The van der Waals surface area contributed by atoms with Gasteiger partial charge in [-0.05, 0) is 29.4 Å². The number of aliphatic imine (C=N–C) groups is 1. The molecule has 1 aliphatic carbocycles. The molecule has 3 aliphatic heterocycles. The highest BCUT2D eigenvalue weighted by molar-refractivity contribution is 5.77. The number of halogens is 2. The number of fused-ring (bicyclic) bond motifs is 1. The maximum absolute atomic E-state index is 13.6. The van der Waals surface area contributed by atoms with Crippen LogP contribution in [0.2, 0.25) is 0 Å². The van der Waals surface area contributed by atoms with Crippen LogP contribution < -0.4 is 5.43 Å². The van der Waals surface area contributed by atoms with Gasteiger partial charge in [-0.15, -0.1) is 0 Å². The van der Waals surface area contributed by atoms with Crippen LogP contribution in [0.25, 0.3) is 5.57 Å². The number of aromatic amines is 1. The monoisotopic (exact) mass is 413 g/mol. The fraction of sp³-hybridized carbons (Fsp3) is 0.429. The van der Waals surface area contributed by atoms with E-state index in [1.165, 1.54) is 5.57 Å². The van der Waals surface area contributed by atoms with E-state index >= 15 is 0 Å². The van der Waals surface area contributed by atoms with Crippen molar-refractivity contribution >= 4 is 11.9 Å². The molecule has 1 saturated heterocycles. The van der Waals surface area contributed by atoms with Gasteiger partial charge in [0, 0.05) is 46.2 Å². The first-order chi connectivity index (χ1) is 14.4. The number of allylic oxidation sites excluding steroid dienone is 2. The lowest BCUT2D eigenvalue weighted by Gasteiger charge is -2.37. The quantitative estimate of drug-likeness (QED) is 0.797. The molecule has 1 fully saturated rings. The van der Waals surface area contributed by atoms with Gasteiger partial charge in [0.2, 0.25) is 0 Å². The third kappa shape index (κ3) is 3.32. The number of piperidine rings is 1. The molecule has 0 aromatic carbocycles. The fourth-order valence-corrected chi connectivity index (χ4v) is 4.43. The van der Waals surface area contributed by atoms with Crippen molar-refractivity contribution in [2.24, 2.45) is 4.99 Å². The third-order valence-corrected chi connectivity index (χ3v) is 6.13. The van der Waals surface area contributed by atoms with Gasteiger partial charge in [0.05, 0.1) is 29.8 Å². The maximum atomic E-state index is 13.6. The second kappa shape index (κ2) is 7.09. The average Bonchev–Trinajstić information content (AvgIpc) is 3.36. The van der Waals surface area contributed by atoms with E-state index in [9.17, 15) is 8.78 Å². The number of likely N-dealkylation sites (N-methyl/N-ethyl adjacent to an activating group) is 2. The number of aromatic nitrogens is 2. The summed E-state index contributed by atoms with van der Waals surface area (Å²) in [7, 11) is 3.99. The van der Waals surface area contributed by atoms with Crippen molar-refractivity contribution < 1.29 is 8.78 Å². The predicted octanol–water partition coefficient (Wildman–Crippen LogP) is 2.35. The minimum atomic E-state index is -2.57. The fourth-order valence-electron chi connectivity index (χ4n) is 4.43. The van der Waals surface area contributed by atoms with Crippen LogP contribution in [0, 0.1) is 0 Å². The Kier molecular flexibility index (Phi) is 4.50. The lowest BCUT2D eigenvalue weighted by Crippen LogP contribution is -2.44. The highest BCUT2D eigenvalue weighted by Crippen LogP contribution is 2.35. The molecule has 2 atom stereocenters. The number of hydrazine groups is 1. The number of nitrogens with one attached hydrogen (secondary N) is 2. The molecular weight excluding hydrogens is 388 g/mol. The Morgan fingerprint density at radius 2 is 2.00 bits per heavy atom. The summed E-state index contributed by atoms with van der Waals surface area (Å²) in [6, 6.07) is 1.99. The topological polar surface area (TPSA) is 62.8 Å². The largest absolute Gasteiger partial charge is 0.356 e. The van der Waals surface area contributed by atoms with Gasteiger partial charge in [-0.25, -0.2) is 19.2 Å². The first-order valence-electron chi connectivity index (χ1n) is 10.2. The van der Waals surface area contributed by atoms with Gasteiger partial charge in [0.1, 0.15) is 5.82 Å². The Morgan fingerprint density at radius 3 is 2.73 bits per heavy atom. The Labute approximate surface area is 174 Å². The lowest BCUT2D eigenvalue weighted by atomic mass is 9.93. The van der Waals surface area contributed by atoms with Crippen LogP contribution in [0.5, 0.6) is 0 Å². The summed E-state index contributed by atoms with van der Waals surface area (Å²) in [5.41, 5.74) is 7.82. The van der Waals surface area contributed by atoms with Crippen LogP contribution in [-0.4, -0.2) is 76.5 Å². The Balaban J connectivity index is 1.48. The number of hydrogen-bond donors (Lipinski definition) is 2. The molecule has 0 saturated carbocycles. The first-order valence-corrected chi connectivity index (χ1v) is 10.2. The van der Waals surface area contributed by atoms with E-state index in [1.54, 1.807) is 12.5 Å². The minimum Gasteiger partial charge on any atom is -0.356 e. The van der Waals surface area contributed by atoms with E-state index in [0.29, 0.717) is 13.1 Å². The van der Waals surface area contributed by atoms with Crippen LogP contribution in [0.15, 0.2) is 58.7 Å². The van der Waals surface area contributed by atoms with Crippen LogP contribution in [0.1, 0.15) is 18.5 Å². The third-order valence-electron chi connectivity index (χ3n) is 6.13. The van der Waals surface area contributed by atoms with E-state index in [0.717, 1.165) is 22.8 Å². The van der Waals surface area contributed by atoms with Crippen LogP contribution in [0.3, 0.4) is 0 Å². The number of nitrogens with zero attached hydrogens (tertiary/aromatic N) is 5. The zero-order valence-corrected chi connectivity index (χ0v) is 17.0. The standard InChI is InChI=1S/C21H25F2N7/c1-28-13-24-19(30-9-6-21(22,23)7-10-30)12-18(28)20-15-11-14(16-5-8-25-26-16)3-4-17(15)27-29(20)2/h3-5,8,11-13,17-18,27H,6-7,9-10H2,1-2H3,(H,25,26). The molecule has 0 radical (unpaired) electrons. The summed E-state index contributed by atoms with van der Waals surface area (Å²) >= 11 is 0. The van der Waals surface area contributed by atoms with Gasteiger partial charge in [0.15, 0.2) is 0 Å². The van der Waals surface area contributed by atoms with E-state index in [2.05, 4.69) is 49.9 Å². The molecule has 9 heteroatoms. The van der Waals surface area contributed by atoms with Gasteiger partial charge in [-0.1, -0.05) is 12.2 Å². The number of hydrogen-bond acceptors (Lipinski definition) is 6. The molecule has 1 aromatic heterocycles. The molecule has 5 rings (SSSR count). The molecule has 0 bridgehead atoms. The molecule has 0 amide bonds. The first kappa shape index (κ1) is 19.0. The van der Waals surface area contributed by atoms with Crippen LogP contribution in [-0.2, 0) is 0 Å². The van der Waals surface area contributed by atoms with Crippen LogP contribution >= 0.6 is 0 Å². The predicted molar refractivity (Wildman–Crippen MR) is 111 cm³/mol. The summed E-state index contributed by atoms with van der Waals surface area (Å²) in [5.74, 6) is -1.80. The van der Waals surface area contributed by atoms with Crippen molar-refractivity contribution in [1.29, 1.82) is 0 Å². The summed E-state index contributed by atoms with van der Waals surface area (Å²) in [6.45, 7) is 0.643. The lowest BCUT2D eigenvalue weighted by molar-refractivity contribution is -0.0493. The molecule has 158 valence electrons. The zero-order chi connectivity index (χ0) is 20.9. The maximum Gasteiger partial charge on any atom is 0.251 e. The smallest absolute Gasteiger partial charge is 0.251 e. The highest BCUT2D eigenvalue weighted by Gasteiger charge is 2.37. The van der Waals surface area contributed by atoms with Gasteiger partial charge < -0.3 is 14.8 Å². The van der Waals surface area contributed by atoms with Crippen molar-refractivity contribution in [3.8, 4) is 0 Å². The summed E-state index contributed by atoms with van der Waals surface area (Å²) < 4.78 is 27.2. The molecule has 4 heterocycles. The Hall–Kier alpha value is -2.94. The van der Waals surface area contributed by atoms with Gasteiger partial charge >= 0.3 is 0 Å². The van der Waals surface area contributed by atoms with Gasteiger partial charge in [-0.2, -0.15) is 5.10 Å². The van der Waals surface area contributed by atoms with E-state index in [1.807, 2.05) is 30.0 Å². The SMILES string of the molecule is CN1NC2C=CC(c3ccn[nH]3)=CC2=C1C1C=C(N2CCC(F)(F)CC2)N=CN1C. The van der Waals surface area contributed by atoms with Crippen molar-refractivity contribution in [2.45, 2.75) is 30.8 Å². The molecule has 30 heavy (non-hydrogen) atoms. The molecule has 1 aromatic rings. The minimum absolute atomic E-state index is 0.0526. The number of alkyl halides is 2. The number of H-pyrrole nitrogens is 1. The van der Waals surface area contributed by atoms with Crippen molar-refractivity contribution in [1.82, 2.24) is 30.4 Å². The summed E-state index contributed by atoms with van der Waals surface area (Å²) in [4.78, 5) is 8.54. The van der Waals surface area contributed by atoms with Crippen molar-refractivity contribution in [2.75, 3.05) is 27.2 Å². The second-order valence-corrected chi connectivity index (χ2v) is 8.16. The highest BCUT2D eigenvalue weighted by atomic mass is 19.3. The molecular formula is C21H25F2N7. The number of likely N-dealkylation sites (tertiary alicyclic amines) is 1. The van der Waals surface area contributed by atoms with E-state index in [4.69, 9.17) is 0 Å². The zero-order valence-electron chi connectivity index (χ0n) is 17.0. The van der Waals surface area contributed by atoms with Gasteiger partial charge in [0.25, 0.3) is 5.92 Å². The molecule has 2 N–H and O–H groups in total. The van der Waals surface area contributed by atoms with Crippen molar-refractivity contribution in [3.05, 3.63) is 59.4 Å². The Bertz CT molecular complexity index is 963. The van der Waals surface area contributed by atoms with E-state index < -0.39 is 5.92 Å². The average molecular weight is 413 g/mol. The molecule has 0 spiro atoms. The van der Waals surface area contributed by atoms with Crippen molar-refractivity contribution in [3.63, 3.8) is 0 Å². The molecule has 4 aliphatic rings. The van der Waals surface area contributed by atoms with E-state index in [-0.39, 0.29) is 24.9 Å². The van der Waals surface area contributed by atoms with Gasteiger partial charge in [-0.3, -0.25) is 5.10 Å². The molecule has 7 nitrogen and oxygen atoms in total. The molecule has 2 unspecified atom stereocenters. The normalized spacial score (nSPS) is 28.1. The Morgan fingerprint density at radius 1 is 1.20 bits per heavy atom. The van der Waals surface area contributed by atoms with Crippen LogP contribution in [0.4, 0.5) is 8.78 Å².